The van der Waals surface area contributed by atoms with Gasteiger partial charge in [0.1, 0.15) is 10.8 Å². The number of anilines is 1. The van der Waals surface area contributed by atoms with E-state index in [1.165, 1.54) is 0 Å². The quantitative estimate of drug-likeness (QED) is 0.451. The molecule has 0 fully saturated rings. The Hall–Kier alpha value is -3.29. The van der Waals surface area contributed by atoms with Crippen molar-refractivity contribution in [1.29, 1.82) is 0 Å². The smallest absolute Gasteiger partial charge is 0.261 e. The number of amides is 1. The number of rotatable bonds is 4. The number of thiazole rings is 1. The van der Waals surface area contributed by atoms with Crippen molar-refractivity contribution in [3.05, 3.63) is 77.8 Å². The molecule has 2 N–H and O–H groups in total. The van der Waals surface area contributed by atoms with Crippen LogP contribution in [0.2, 0.25) is 0 Å². The summed E-state index contributed by atoms with van der Waals surface area (Å²) < 4.78 is 5.39. The van der Waals surface area contributed by atoms with E-state index in [1.54, 1.807) is 30.7 Å². The van der Waals surface area contributed by atoms with Crippen molar-refractivity contribution in [2.45, 2.75) is 0 Å². The molecule has 0 saturated heterocycles. The van der Waals surface area contributed by atoms with Crippen LogP contribution in [0.5, 0.6) is 5.75 Å². The Bertz CT molecular complexity index is 1170. The van der Waals surface area contributed by atoms with Gasteiger partial charge in [0, 0.05) is 22.8 Å². The second-order valence-corrected chi connectivity index (χ2v) is 7.53. The second kappa shape index (κ2) is 8.38. The third-order valence-corrected chi connectivity index (χ3v) is 5.39. The first kappa shape index (κ1) is 19.0. The summed E-state index contributed by atoms with van der Waals surface area (Å²) in [6, 6.07) is 19.1. The summed E-state index contributed by atoms with van der Waals surface area (Å²) in [6.07, 6.45) is 1.78. The fourth-order valence-electron chi connectivity index (χ4n) is 2.96. The summed E-state index contributed by atoms with van der Waals surface area (Å²) in [4.78, 5) is 17.0. The van der Waals surface area contributed by atoms with E-state index in [-0.39, 0.29) is 11.0 Å². The number of carbonyl (C=O) groups excluding carboxylic acids is 1. The van der Waals surface area contributed by atoms with Gasteiger partial charge in [0.15, 0.2) is 5.11 Å². The number of aromatic nitrogens is 1. The maximum absolute atomic E-state index is 12.8. The normalized spacial score (nSPS) is 10.5. The van der Waals surface area contributed by atoms with Gasteiger partial charge in [-0.3, -0.25) is 10.1 Å². The molecule has 0 aliphatic rings. The fraction of sp³-hybridized carbons (Fsp3) is 0.0455. The van der Waals surface area contributed by atoms with Gasteiger partial charge in [0.2, 0.25) is 0 Å². The lowest BCUT2D eigenvalue weighted by Crippen LogP contribution is -2.34. The standard InChI is InChI=1S/C22H17N3O2S2/c1-27-19-13-16-5-3-2-4-15(16)12-18(19)20(26)25-22(28)24-17-8-6-14(7-9-17)21-23-10-11-29-21/h2-13H,1H3,(H2,24,25,26,28). The lowest BCUT2D eigenvalue weighted by molar-refractivity contribution is 0.0975. The van der Waals surface area contributed by atoms with Crippen molar-refractivity contribution >= 4 is 51.0 Å². The zero-order valence-electron chi connectivity index (χ0n) is 15.5. The molecule has 0 aliphatic heterocycles. The Morgan fingerprint density at radius 2 is 1.79 bits per heavy atom. The molecule has 0 radical (unpaired) electrons. The molecule has 0 atom stereocenters. The summed E-state index contributed by atoms with van der Waals surface area (Å²) in [5.41, 5.74) is 2.23. The van der Waals surface area contributed by atoms with Crippen LogP contribution in [0, 0.1) is 0 Å². The molecule has 1 heterocycles. The maximum Gasteiger partial charge on any atom is 0.261 e. The van der Waals surface area contributed by atoms with Crippen molar-refractivity contribution < 1.29 is 9.53 Å². The van der Waals surface area contributed by atoms with Gasteiger partial charge in [0.05, 0.1) is 12.7 Å². The van der Waals surface area contributed by atoms with Crippen LogP contribution < -0.4 is 15.4 Å². The van der Waals surface area contributed by atoms with Crippen LogP contribution in [0.1, 0.15) is 10.4 Å². The highest BCUT2D eigenvalue weighted by atomic mass is 32.1. The Labute approximate surface area is 177 Å². The Morgan fingerprint density at radius 3 is 2.45 bits per heavy atom. The minimum atomic E-state index is -0.329. The fourth-order valence-corrected chi connectivity index (χ4v) is 3.82. The molecule has 7 heteroatoms. The highest BCUT2D eigenvalue weighted by Crippen LogP contribution is 2.26. The summed E-state index contributed by atoms with van der Waals surface area (Å²) in [7, 11) is 1.54. The number of thiocarbonyl (C=S) groups is 1. The molecule has 29 heavy (non-hydrogen) atoms. The first-order valence-electron chi connectivity index (χ1n) is 8.83. The summed E-state index contributed by atoms with van der Waals surface area (Å²) in [6.45, 7) is 0. The molecule has 0 unspecified atom stereocenters. The molecule has 4 rings (SSSR count). The number of fused-ring (bicyclic) bond motifs is 1. The highest BCUT2D eigenvalue weighted by Gasteiger charge is 2.15. The molecule has 0 bridgehead atoms. The van der Waals surface area contributed by atoms with Gasteiger partial charge in [-0.2, -0.15) is 0 Å². The Balaban J connectivity index is 1.47. The number of hydrogen-bond donors (Lipinski definition) is 2. The van der Waals surface area contributed by atoms with E-state index in [2.05, 4.69) is 15.6 Å². The van der Waals surface area contributed by atoms with E-state index >= 15 is 0 Å². The van der Waals surface area contributed by atoms with E-state index in [0.29, 0.717) is 11.3 Å². The van der Waals surface area contributed by atoms with E-state index < -0.39 is 0 Å². The summed E-state index contributed by atoms with van der Waals surface area (Å²) >= 11 is 6.89. The lowest BCUT2D eigenvalue weighted by atomic mass is 10.1. The number of nitrogens with one attached hydrogen (secondary N) is 2. The van der Waals surface area contributed by atoms with Crippen molar-refractivity contribution in [2.75, 3.05) is 12.4 Å². The van der Waals surface area contributed by atoms with Gasteiger partial charge in [-0.1, -0.05) is 24.3 Å². The summed E-state index contributed by atoms with van der Waals surface area (Å²) in [5, 5.41) is 10.8. The van der Waals surface area contributed by atoms with E-state index in [4.69, 9.17) is 17.0 Å². The lowest BCUT2D eigenvalue weighted by Gasteiger charge is -2.13. The second-order valence-electron chi connectivity index (χ2n) is 6.22. The largest absolute Gasteiger partial charge is 0.496 e. The number of carbonyl (C=O) groups is 1. The molecule has 144 valence electrons. The average molecular weight is 420 g/mol. The third kappa shape index (κ3) is 4.26. The predicted molar refractivity (Wildman–Crippen MR) is 122 cm³/mol. The van der Waals surface area contributed by atoms with Crippen LogP contribution >= 0.6 is 23.6 Å². The van der Waals surface area contributed by atoms with Crippen molar-refractivity contribution in [3.8, 4) is 16.3 Å². The highest BCUT2D eigenvalue weighted by molar-refractivity contribution is 7.80. The van der Waals surface area contributed by atoms with Crippen molar-refractivity contribution in [3.63, 3.8) is 0 Å². The molecular weight excluding hydrogens is 402 g/mol. The third-order valence-electron chi connectivity index (χ3n) is 4.36. The minimum absolute atomic E-state index is 0.215. The molecule has 0 spiro atoms. The van der Waals surface area contributed by atoms with Gasteiger partial charge >= 0.3 is 0 Å². The van der Waals surface area contributed by atoms with E-state index in [0.717, 1.165) is 27.0 Å². The van der Waals surface area contributed by atoms with Gasteiger partial charge in [0.25, 0.3) is 5.91 Å². The zero-order chi connectivity index (χ0) is 20.2. The monoisotopic (exact) mass is 419 g/mol. The first-order valence-corrected chi connectivity index (χ1v) is 10.1. The molecule has 1 aromatic heterocycles. The molecule has 3 aromatic carbocycles. The van der Waals surface area contributed by atoms with Crippen LogP contribution in [-0.4, -0.2) is 23.1 Å². The van der Waals surface area contributed by atoms with Crippen LogP contribution in [0.3, 0.4) is 0 Å². The minimum Gasteiger partial charge on any atom is -0.496 e. The summed E-state index contributed by atoms with van der Waals surface area (Å²) in [5.74, 6) is 0.168. The van der Waals surface area contributed by atoms with E-state index in [1.807, 2.05) is 60.0 Å². The Morgan fingerprint density at radius 1 is 1.07 bits per heavy atom. The van der Waals surface area contributed by atoms with Crippen LogP contribution in [0.15, 0.2) is 72.2 Å². The SMILES string of the molecule is COc1cc2ccccc2cc1C(=O)NC(=S)Nc1ccc(-c2nccs2)cc1. The topological polar surface area (TPSA) is 63.2 Å². The molecular formula is C22H17N3O2S2. The van der Waals surface area contributed by atoms with Crippen molar-refractivity contribution in [2.24, 2.45) is 0 Å². The number of nitrogens with zero attached hydrogens (tertiary/aromatic N) is 1. The van der Waals surface area contributed by atoms with E-state index in [9.17, 15) is 4.79 Å². The molecule has 0 saturated carbocycles. The molecule has 1 amide bonds. The van der Waals surface area contributed by atoms with Crippen LogP contribution in [-0.2, 0) is 0 Å². The molecule has 4 aromatic rings. The number of ether oxygens (including phenoxy) is 1. The van der Waals surface area contributed by atoms with Gasteiger partial charge in [-0.15, -0.1) is 11.3 Å². The molecule has 5 nitrogen and oxygen atoms in total. The molecule has 0 aliphatic carbocycles. The van der Waals surface area contributed by atoms with Gasteiger partial charge in [-0.25, -0.2) is 4.98 Å². The number of hydrogen-bond acceptors (Lipinski definition) is 5. The maximum atomic E-state index is 12.8. The first-order chi connectivity index (χ1) is 14.1. The van der Waals surface area contributed by atoms with Crippen LogP contribution in [0.4, 0.5) is 5.69 Å². The predicted octanol–water partition coefficient (Wildman–Crippen LogP) is 5.10. The average Bonchev–Trinajstić information content (AvgIpc) is 3.28. The van der Waals surface area contributed by atoms with Crippen molar-refractivity contribution in [1.82, 2.24) is 10.3 Å². The van der Waals surface area contributed by atoms with Crippen LogP contribution in [0.25, 0.3) is 21.3 Å². The van der Waals surface area contributed by atoms with Gasteiger partial charge < -0.3 is 10.1 Å². The Kier molecular flexibility index (Phi) is 5.50. The number of methoxy groups -OCH3 is 1. The zero-order valence-corrected chi connectivity index (χ0v) is 17.1. The van der Waals surface area contributed by atoms with Gasteiger partial charge in [-0.05, 0) is 59.4 Å². The number of benzene rings is 3.